The molecule has 3 N–H and O–H groups in total. The van der Waals surface area contributed by atoms with Crippen LogP contribution in [0.3, 0.4) is 0 Å². The fraction of sp³-hybridized carbons (Fsp3) is 0.929. The fourth-order valence-corrected chi connectivity index (χ4v) is 3.00. The lowest BCUT2D eigenvalue weighted by molar-refractivity contribution is -0.00352. The summed E-state index contributed by atoms with van der Waals surface area (Å²) in [6.45, 7) is 7.77. The maximum absolute atomic E-state index is 11.5. The summed E-state index contributed by atoms with van der Waals surface area (Å²) >= 11 is 0. The van der Waals surface area contributed by atoms with E-state index in [-0.39, 0.29) is 12.1 Å². The summed E-state index contributed by atoms with van der Waals surface area (Å²) in [5.74, 6) is 0.639. The van der Waals surface area contributed by atoms with Crippen molar-refractivity contribution >= 4 is 14.2 Å². The van der Waals surface area contributed by atoms with Crippen molar-refractivity contribution in [3.05, 3.63) is 0 Å². The lowest BCUT2D eigenvalue weighted by atomic mass is 9.78. The van der Waals surface area contributed by atoms with E-state index in [2.05, 4.69) is 25.0 Å². The highest BCUT2D eigenvalue weighted by molar-refractivity contribution is 6.76. The van der Waals surface area contributed by atoms with Crippen molar-refractivity contribution in [2.24, 2.45) is 11.7 Å². The molecule has 1 rings (SSSR count). The maximum Gasteiger partial charge on any atom is 0.407 e. The molecule has 1 atom stereocenters. The third-order valence-corrected chi connectivity index (χ3v) is 5.46. The number of carbonyl (C=O) groups excluding carboxylic acids is 1. The van der Waals surface area contributed by atoms with Crippen LogP contribution in [-0.4, -0.2) is 46.6 Å². The van der Waals surface area contributed by atoms with Gasteiger partial charge in [0.25, 0.3) is 0 Å². The predicted molar refractivity (Wildman–Crippen MR) is 83.6 cm³/mol. The Morgan fingerprint density at radius 2 is 2.05 bits per heavy atom. The second-order valence-electron chi connectivity index (χ2n) is 7.02. The molecule has 20 heavy (non-hydrogen) atoms. The van der Waals surface area contributed by atoms with Gasteiger partial charge in [-0.15, -0.1) is 0 Å². The Kier molecular flexibility index (Phi) is 6.98. The van der Waals surface area contributed by atoms with E-state index < -0.39 is 8.07 Å². The summed E-state index contributed by atoms with van der Waals surface area (Å²) in [4.78, 5) is 11.5. The average Bonchev–Trinajstić information content (AvgIpc) is 2.29. The number of amides is 1. The third kappa shape index (κ3) is 7.26. The van der Waals surface area contributed by atoms with Crippen molar-refractivity contribution in [2.75, 3.05) is 20.3 Å². The third-order valence-electron chi connectivity index (χ3n) is 3.76. The molecule has 1 saturated carbocycles. The van der Waals surface area contributed by atoms with Gasteiger partial charge in [0.05, 0.1) is 12.7 Å². The molecule has 0 aromatic heterocycles. The van der Waals surface area contributed by atoms with Crippen molar-refractivity contribution < 1.29 is 14.3 Å². The van der Waals surface area contributed by atoms with E-state index >= 15 is 0 Å². The lowest BCUT2D eigenvalue weighted by Crippen LogP contribution is -2.42. The van der Waals surface area contributed by atoms with Gasteiger partial charge in [-0.05, 0) is 31.2 Å². The summed E-state index contributed by atoms with van der Waals surface area (Å²) in [5.41, 5.74) is 6.01. The fourth-order valence-electron chi connectivity index (χ4n) is 2.29. The molecule has 1 aliphatic carbocycles. The number of ether oxygens (including phenoxy) is 2. The van der Waals surface area contributed by atoms with Crippen LogP contribution in [0.4, 0.5) is 4.79 Å². The van der Waals surface area contributed by atoms with E-state index in [1.165, 1.54) is 0 Å². The summed E-state index contributed by atoms with van der Waals surface area (Å²) in [5, 5.41) is 2.75. The summed E-state index contributed by atoms with van der Waals surface area (Å²) in [6.07, 6.45) is 3.18. The smallest absolute Gasteiger partial charge is 0.407 e. The molecule has 1 unspecified atom stereocenters. The molecule has 0 heterocycles. The summed E-state index contributed by atoms with van der Waals surface area (Å²) < 4.78 is 10.4. The van der Waals surface area contributed by atoms with Crippen LogP contribution in [0.25, 0.3) is 0 Å². The van der Waals surface area contributed by atoms with Gasteiger partial charge in [0.2, 0.25) is 0 Å². The van der Waals surface area contributed by atoms with Crippen LogP contribution in [0.1, 0.15) is 19.3 Å². The second kappa shape index (κ2) is 8.00. The van der Waals surface area contributed by atoms with Crippen LogP contribution in [0.5, 0.6) is 0 Å². The van der Waals surface area contributed by atoms with Crippen LogP contribution in [0.15, 0.2) is 0 Å². The zero-order valence-corrected chi connectivity index (χ0v) is 14.3. The van der Waals surface area contributed by atoms with E-state index in [0.717, 1.165) is 25.3 Å². The molecule has 1 fully saturated rings. The molecule has 0 saturated heterocycles. The van der Waals surface area contributed by atoms with Gasteiger partial charge in [0.1, 0.15) is 0 Å². The second-order valence-corrected chi connectivity index (χ2v) is 12.6. The van der Waals surface area contributed by atoms with Gasteiger partial charge >= 0.3 is 6.09 Å². The van der Waals surface area contributed by atoms with Crippen molar-refractivity contribution in [1.29, 1.82) is 0 Å². The highest BCUT2D eigenvalue weighted by Crippen LogP contribution is 2.32. The Bertz CT molecular complexity index is 301. The molecule has 1 aliphatic rings. The molecule has 1 amide bonds. The van der Waals surface area contributed by atoms with Crippen molar-refractivity contribution in [3.8, 4) is 0 Å². The van der Waals surface area contributed by atoms with Crippen LogP contribution < -0.4 is 11.1 Å². The minimum atomic E-state index is -1.14. The van der Waals surface area contributed by atoms with Gasteiger partial charge in [-0.1, -0.05) is 19.6 Å². The van der Waals surface area contributed by atoms with Crippen LogP contribution in [0.2, 0.25) is 25.7 Å². The topological polar surface area (TPSA) is 73.6 Å². The number of rotatable bonds is 8. The van der Waals surface area contributed by atoms with Crippen molar-refractivity contribution in [3.63, 3.8) is 0 Å². The van der Waals surface area contributed by atoms with Gasteiger partial charge < -0.3 is 20.5 Å². The van der Waals surface area contributed by atoms with E-state index in [1.807, 2.05) is 0 Å². The van der Waals surface area contributed by atoms with Gasteiger partial charge in [-0.3, -0.25) is 0 Å². The molecule has 6 heteroatoms. The average molecular weight is 302 g/mol. The Hall–Kier alpha value is -0.593. The largest absolute Gasteiger partial charge is 0.450 e. The molecule has 0 aromatic carbocycles. The number of nitrogens with two attached hydrogens (primary N) is 1. The Balaban J connectivity index is 2.03. The zero-order chi connectivity index (χ0) is 15.2. The number of nitrogens with one attached hydrogen (secondary N) is 1. The van der Waals surface area contributed by atoms with E-state index in [9.17, 15) is 4.79 Å². The van der Waals surface area contributed by atoms with Gasteiger partial charge in [0.15, 0.2) is 0 Å². The van der Waals surface area contributed by atoms with Crippen LogP contribution >= 0.6 is 0 Å². The molecule has 0 radical (unpaired) electrons. The van der Waals surface area contributed by atoms with E-state index in [0.29, 0.717) is 25.2 Å². The molecular weight excluding hydrogens is 272 g/mol. The first-order valence-electron chi connectivity index (χ1n) is 7.49. The molecule has 118 valence electrons. The van der Waals surface area contributed by atoms with E-state index in [4.69, 9.17) is 15.2 Å². The molecule has 0 spiro atoms. The van der Waals surface area contributed by atoms with Crippen molar-refractivity contribution in [1.82, 2.24) is 5.32 Å². The van der Waals surface area contributed by atoms with Crippen LogP contribution in [-0.2, 0) is 9.47 Å². The van der Waals surface area contributed by atoms with Gasteiger partial charge in [-0.2, -0.15) is 0 Å². The molecule has 0 bridgehead atoms. The normalized spacial score (nSPS) is 23.9. The minimum Gasteiger partial charge on any atom is -0.450 e. The maximum atomic E-state index is 11.5. The standard InChI is InChI=1S/C14H30N2O3Si/c1-18-13-8-11(9-13)7-12(15)10-16-14(17)19-5-6-20(2,3)4/h11-13H,5-10,15H2,1-4H3,(H,16,17). The Morgan fingerprint density at radius 1 is 1.40 bits per heavy atom. The molecule has 0 aliphatic heterocycles. The first kappa shape index (κ1) is 17.5. The minimum absolute atomic E-state index is 0.00217. The van der Waals surface area contributed by atoms with Gasteiger partial charge in [-0.25, -0.2) is 4.79 Å². The highest BCUT2D eigenvalue weighted by atomic mass is 28.3. The summed E-state index contributed by atoms with van der Waals surface area (Å²) in [6, 6.07) is 0.995. The number of alkyl carbamates (subject to hydrolysis) is 1. The molecule has 5 nitrogen and oxygen atoms in total. The first-order chi connectivity index (χ1) is 9.30. The van der Waals surface area contributed by atoms with E-state index in [1.54, 1.807) is 7.11 Å². The number of hydrogen-bond donors (Lipinski definition) is 2. The highest BCUT2D eigenvalue weighted by Gasteiger charge is 2.30. The Morgan fingerprint density at radius 3 is 2.60 bits per heavy atom. The summed E-state index contributed by atoms with van der Waals surface area (Å²) in [7, 11) is 0.609. The number of methoxy groups -OCH3 is 1. The monoisotopic (exact) mass is 302 g/mol. The predicted octanol–water partition coefficient (Wildman–Crippen LogP) is 2.19. The molecular formula is C14H30N2O3Si. The number of hydrogen-bond acceptors (Lipinski definition) is 4. The Labute approximate surface area is 123 Å². The first-order valence-corrected chi connectivity index (χ1v) is 11.2. The number of carbonyl (C=O) groups is 1. The molecule has 0 aromatic rings. The lowest BCUT2D eigenvalue weighted by Gasteiger charge is -2.35. The van der Waals surface area contributed by atoms with Crippen LogP contribution in [0, 0.1) is 5.92 Å². The van der Waals surface area contributed by atoms with Gasteiger partial charge in [0, 0.05) is 27.8 Å². The zero-order valence-electron chi connectivity index (χ0n) is 13.3. The quantitative estimate of drug-likeness (QED) is 0.674. The SMILES string of the molecule is COC1CC(CC(N)CNC(=O)OCC[Si](C)(C)C)C1. The van der Waals surface area contributed by atoms with Crippen molar-refractivity contribution in [2.45, 2.75) is 57.1 Å².